The summed E-state index contributed by atoms with van der Waals surface area (Å²) in [7, 11) is 3.52. The summed E-state index contributed by atoms with van der Waals surface area (Å²) in [5, 5.41) is 6.44. The van der Waals surface area contributed by atoms with Gasteiger partial charge in [0.2, 0.25) is 5.91 Å². The Bertz CT molecular complexity index is 625. The molecule has 1 fully saturated rings. The van der Waals surface area contributed by atoms with Crippen LogP contribution in [0, 0.1) is 5.92 Å². The molecule has 2 rings (SSSR count). The van der Waals surface area contributed by atoms with E-state index in [1.54, 1.807) is 19.0 Å². The molecule has 0 atom stereocenters. The number of aliphatic imine (C=N–C) groups is 1. The molecular formula is C22H38IN5O. The van der Waals surface area contributed by atoms with Gasteiger partial charge in [0.25, 0.3) is 0 Å². The van der Waals surface area contributed by atoms with Crippen LogP contribution >= 0.6 is 24.0 Å². The third-order valence-corrected chi connectivity index (χ3v) is 4.88. The Morgan fingerprint density at radius 2 is 1.69 bits per heavy atom. The second kappa shape index (κ2) is 13.8. The molecule has 0 aliphatic carbocycles. The van der Waals surface area contributed by atoms with Crippen LogP contribution in [-0.2, 0) is 17.9 Å². The summed E-state index contributed by atoms with van der Waals surface area (Å²) >= 11 is 0. The molecule has 1 saturated heterocycles. The molecule has 2 N–H and O–H groups in total. The van der Waals surface area contributed by atoms with Crippen molar-refractivity contribution in [2.75, 3.05) is 40.3 Å². The van der Waals surface area contributed by atoms with E-state index in [-0.39, 0.29) is 36.4 Å². The van der Waals surface area contributed by atoms with Crippen LogP contribution in [0.15, 0.2) is 29.3 Å². The first-order valence-corrected chi connectivity index (χ1v) is 10.5. The highest BCUT2D eigenvalue weighted by Gasteiger charge is 2.10. The van der Waals surface area contributed by atoms with Gasteiger partial charge in [0.05, 0.1) is 13.1 Å². The molecule has 0 bridgehead atoms. The van der Waals surface area contributed by atoms with E-state index in [1.165, 1.54) is 43.5 Å². The number of guanidine groups is 1. The molecule has 0 saturated carbocycles. The predicted octanol–water partition coefficient (Wildman–Crippen LogP) is 3.07. The Balaban J connectivity index is 0.00000420. The van der Waals surface area contributed by atoms with Crippen molar-refractivity contribution in [3.05, 3.63) is 35.4 Å². The Kier molecular flexibility index (Phi) is 12.2. The van der Waals surface area contributed by atoms with Crippen LogP contribution in [0.5, 0.6) is 0 Å². The zero-order valence-corrected chi connectivity index (χ0v) is 20.7. The van der Waals surface area contributed by atoms with Crippen LogP contribution in [0.25, 0.3) is 0 Å². The lowest BCUT2D eigenvalue weighted by molar-refractivity contribution is -0.127. The molecule has 1 aromatic rings. The first-order chi connectivity index (χ1) is 13.4. The number of halogens is 1. The van der Waals surface area contributed by atoms with Crippen LogP contribution in [0.4, 0.5) is 0 Å². The Hall–Kier alpha value is -1.35. The van der Waals surface area contributed by atoms with Gasteiger partial charge in [-0.15, -0.1) is 24.0 Å². The number of piperidine rings is 1. The molecule has 6 nitrogen and oxygen atoms in total. The van der Waals surface area contributed by atoms with E-state index in [0.29, 0.717) is 18.4 Å². The number of likely N-dealkylation sites (tertiary alicyclic amines) is 1. The van der Waals surface area contributed by atoms with Gasteiger partial charge in [-0.05, 0) is 43.0 Å². The Morgan fingerprint density at radius 3 is 2.28 bits per heavy atom. The lowest BCUT2D eigenvalue weighted by atomic mass is 10.1. The monoisotopic (exact) mass is 515 g/mol. The quantitative estimate of drug-likeness (QED) is 0.318. The second-order valence-corrected chi connectivity index (χ2v) is 8.23. The van der Waals surface area contributed by atoms with Gasteiger partial charge in [-0.3, -0.25) is 9.69 Å². The number of likely N-dealkylation sites (N-methyl/N-ethyl adjacent to an activating group) is 1. The standard InChI is InChI=1S/C22H37N5O.HI/c1-18(2)14-23-22(25-16-21(28)26(3)4)24-15-19-8-10-20(11-9-19)17-27-12-6-5-7-13-27;/h8-11,18H,5-7,12-17H2,1-4H3,(H2,23,24,25);1H. The maximum absolute atomic E-state index is 11.8. The summed E-state index contributed by atoms with van der Waals surface area (Å²) in [6, 6.07) is 8.75. The van der Waals surface area contributed by atoms with Crippen LogP contribution in [0.1, 0.15) is 44.2 Å². The number of rotatable bonds is 8. The number of nitrogens with one attached hydrogen (secondary N) is 2. The highest BCUT2D eigenvalue weighted by Crippen LogP contribution is 2.14. The summed E-state index contributed by atoms with van der Waals surface area (Å²) in [4.78, 5) is 20.6. The average Bonchev–Trinajstić information content (AvgIpc) is 2.68. The van der Waals surface area contributed by atoms with Gasteiger partial charge >= 0.3 is 0 Å². The van der Waals surface area contributed by atoms with E-state index >= 15 is 0 Å². The number of amides is 1. The van der Waals surface area contributed by atoms with Gasteiger partial charge in [0, 0.05) is 27.2 Å². The average molecular weight is 515 g/mol. The van der Waals surface area contributed by atoms with Gasteiger partial charge < -0.3 is 15.5 Å². The summed E-state index contributed by atoms with van der Waals surface area (Å²) in [5.41, 5.74) is 2.54. The molecule has 0 aromatic heterocycles. The van der Waals surface area contributed by atoms with E-state index < -0.39 is 0 Å². The zero-order chi connectivity index (χ0) is 20.4. The van der Waals surface area contributed by atoms with Crippen LogP contribution in [0.2, 0.25) is 0 Å². The molecule has 29 heavy (non-hydrogen) atoms. The van der Waals surface area contributed by atoms with Crippen molar-refractivity contribution in [2.24, 2.45) is 10.9 Å². The smallest absolute Gasteiger partial charge is 0.241 e. The minimum Gasteiger partial charge on any atom is -0.356 e. The second-order valence-electron chi connectivity index (χ2n) is 8.23. The molecule has 1 aromatic carbocycles. The molecule has 0 unspecified atom stereocenters. The number of carbonyl (C=O) groups is 1. The summed E-state index contributed by atoms with van der Waals surface area (Å²) < 4.78 is 0. The van der Waals surface area contributed by atoms with Gasteiger partial charge in [0.15, 0.2) is 5.96 Å². The molecule has 1 aliphatic rings. The maximum atomic E-state index is 11.8. The van der Waals surface area contributed by atoms with E-state index in [9.17, 15) is 4.79 Å². The number of nitrogens with zero attached hydrogens (tertiary/aromatic N) is 3. The highest BCUT2D eigenvalue weighted by molar-refractivity contribution is 14.0. The van der Waals surface area contributed by atoms with Crippen LogP contribution in [0.3, 0.4) is 0 Å². The fourth-order valence-corrected chi connectivity index (χ4v) is 3.09. The Morgan fingerprint density at radius 1 is 1.07 bits per heavy atom. The summed E-state index contributed by atoms with van der Waals surface area (Å²) in [6.07, 6.45) is 4.01. The lowest BCUT2D eigenvalue weighted by Crippen LogP contribution is -2.44. The van der Waals surface area contributed by atoms with Gasteiger partial charge in [-0.25, -0.2) is 4.99 Å². The molecule has 1 heterocycles. The summed E-state index contributed by atoms with van der Waals surface area (Å²) in [6.45, 7) is 9.42. The normalized spacial score (nSPS) is 15.0. The fourth-order valence-electron chi connectivity index (χ4n) is 3.09. The predicted molar refractivity (Wildman–Crippen MR) is 132 cm³/mol. The molecule has 0 radical (unpaired) electrons. The number of benzene rings is 1. The van der Waals surface area contributed by atoms with E-state index in [1.807, 2.05) is 0 Å². The topological polar surface area (TPSA) is 60.0 Å². The van der Waals surface area contributed by atoms with Gasteiger partial charge in [-0.2, -0.15) is 0 Å². The van der Waals surface area contributed by atoms with Crippen molar-refractivity contribution in [3.63, 3.8) is 0 Å². The first-order valence-electron chi connectivity index (χ1n) is 10.5. The van der Waals surface area contributed by atoms with Gasteiger partial charge in [0.1, 0.15) is 0 Å². The zero-order valence-electron chi connectivity index (χ0n) is 18.4. The molecule has 7 heteroatoms. The fraction of sp³-hybridized carbons (Fsp3) is 0.636. The van der Waals surface area contributed by atoms with Crippen LogP contribution < -0.4 is 10.6 Å². The minimum absolute atomic E-state index is 0. The van der Waals surface area contributed by atoms with Crippen molar-refractivity contribution < 1.29 is 4.79 Å². The minimum atomic E-state index is 0. The van der Waals surface area contributed by atoms with E-state index in [2.05, 4.69) is 58.6 Å². The third kappa shape index (κ3) is 10.3. The highest BCUT2D eigenvalue weighted by atomic mass is 127. The molecule has 1 aliphatic heterocycles. The lowest BCUT2D eigenvalue weighted by Gasteiger charge is -2.26. The van der Waals surface area contributed by atoms with Gasteiger partial charge in [-0.1, -0.05) is 44.5 Å². The van der Waals surface area contributed by atoms with Crippen molar-refractivity contribution in [2.45, 2.75) is 46.2 Å². The molecule has 164 valence electrons. The number of hydrogen-bond donors (Lipinski definition) is 2. The third-order valence-electron chi connectivity index (χ3n) is 4.88. The van der Waals surface area contributed by atoms with Crippen molar-refractivity contribution in [1.82, 2.24) is 20.4 Å². The molecule has 1 amide bonds. The summed E-state index contributed by atoms with van der Waals surface area (Å²) in [5.74, 6) is 1.22. The first kappa shape index (κ1) is 25.7. The van der Waals surface area contributed by atoms with E-state index in [4.69, 9.17) is 0 Å². The maximum Gasteiger partial charge on any atom is 0.241 e. The Labute approximate surface area is 193 Å². The molecule has 0 spiro atoms. The van der Waals surface area contributed by atoms with Crippen LogP contribution in [-0.4, -0.2) is 61.9 Å². The largest absolute Gasteiger partial charge is 0.356 e. The SMILES string of the molecule is CC(C)CNC(=NCc1ccc(CN2CCCCC2)cc1)NCC(=O)N(C)C.I. The number of carbonyl (C=O) groups excluding carboxylic acids is 1. The molecular weight excluding hydrogens is 477 g/mol. The van der Waals surface area contributed by atoms with Crippen molar-refractivity contribution in [3.8, 4) is 0 Å². The number of hydrogen-bond acceptors (Lipinski definition) is 3. The van der Waals surface area contributed by atoms with Crippen molar-refractivity contribution >= 4 is 35.8 Å². The van der Waals surface area contributed by atoms with E-state index in [0.717, 1.165) is 13.1 Å². The van der Waals surface area contributed by atoms with Crippen molar-refractivity contribution in [1.29, 1.82) is 0 Å².